The predicted molar refractivity (Wildman–Crippen MR) is 108 cm³/mol. The molecule has 29 heavy (non-hydrogen) atoms. The standard InChI is InChI=1S/C20H27N5O4/c1-2-25-16-4-3-14(20(29)24-11-9-21-10-12-24)13-15(16)23-17(25)7-8-22-18(26)5-6-19(27)28/h3-4,13,21H,2,5-12H2,1H3,(H,22,26)(H,27,28). The maximum Gasteiger partial charge on any atom is 0.303 e. The van der Waals surface area contributed by atoms with Crippen molar-refractivity contribution in [1.29, 1.82) is 0 Å². The normalized spacial score (nSPS) is 14.2. The molecule has 0 spiro atoms. The molecule has 0 saturated carbocycles. The molecule has 1 aromatic heterocycles. The second-order valence-corrected chi connectivity index (χ2v) is 7.01. The number of amides is 2. The molecule has 9 heteroatoms. The molecule has 2 aromatic rings. The van der Waals surface area contributed by atoms with Gasteiger partial charge in [0.1, 0.15) is 5.82 Å². The van der Waals surface area contributed by atoms with Crippen LogP contribution in [0.5, 0.6) is 0 Å². The summed E-state index contributed by atoms with van der Waals surface area (Å²) in [6, 6.07) is 5.61. The zero-order chi connectivity index (χ0) is 20.8. The average molecular weight is 401 g/mol. The number of piperazine rings is 1. The molecule has 0 aliphatic carbocycles. The molecule has 1 aromatic carbocycles. The summed E-state index contributed by atoms with van der Waals surface area (Å²) < 4.78 is 2.07. The number of carbonyl (C=O) groups is 3. The van der Waals surface area contributed by atoms with Crippen LogP contribution in [-0.4, -0.2) is 70.1 Å². The third-order valence-corrected chi connectivity index (χ3v) is 5.03. The maximum absolute atomic E-state index is 12.7. The lowest BCUT2D eigenvalue weighted by atomic mass is 10.1. The van der Waals surface area contributed by atoms with E-state index in [1.165, 1.54) is 0 Å². The lowest BCUT2D eigenvalue weighted by Crippen LogP contribution is -2.46. The molecule has 1 aliphatic rings. The van der Waals surface area contributed by atoms with Crippen LogP contribution in [0.1, 0.15) is 35.9 Å². The second-order valence-electron chi connectivity index (χ2n) is 7.01. The Balaban J connectivity index is 1.69. The number of carboxylic acid groups (broad SMARTS) is 1. The number of fused-ring (bicyclic) bond motifs is 1. The molecule has 156 valence electrons. The number of carbonyl (C=O) groups excluding carboxylic acids is 2. The van der Waals surface area contributed by atoms with Gasteiger partial charge in [0, 0.05) is 57.7 Å². The van der Waals surface area contributed by atoms with Crippen LogP contribution in [-0.2, 0) is 22.6 Å². The molecule has 0 radical (unpaired) electrons. The highest BCUT2D eigenvalue weighted by Gasteiger charge is 2.19. The fourth-order valence-corrected chi connectivity index (χ4v) is 3.53. The van der Waals surface area contributed by atoms with Gasteiger partial charge in [0.15, 0.2) is 0 Å². The topological polar surface area (TPSA) is 117 Å². The Hall–Kier alpha value is -2.94. The molecule has 2 amide bonds. The van der Waals surface area contributed by atoms with Crippen molar-refractivity contribution in [2.24, 2.45) is 0 Å². The van der Waals surface area contributed by atoms with Gasteiger partial charge in [0.25, 0.3) is 5.91 Å². The van der Waals surface area contributed by atoms with Gasteiger partial charge in [-0.3, -0.25) is 14.4 Å². The lowest BCUT2D eigenvalue weighted by molar-refractivity contribution is -0.138. The Morgan fingerprint density at radius 3 is 2.66 bits per heavy atom. The first-order chi connectivity index (χ1) is 14.0. The highest BCUT2D eigenvalue weighted by atomic mass is 16.4. The van der Waals surface area contributed by atoms with Crippen LogP contribution in [0.2, 0.25) is 0 Å². The van der Waals surface area contributed by atoms with Gasteiger partial charge in [-0.2, -0.15) is 0 Å². The predicted octanol–water partition coefficient (Wildman–Crippen LogP) is 0.625. The number of nitrogens with one attached hydrogen (secondary N) is 2. The molecule has 0 unspecified atom stereocenters. The highest BCUT2D eigenvalue weighted by Crippen LogP contribution is 2.19. The van der Waals surface area contributed by atoms with E-state index in [0.717, 1.165) is 36.5 Å². The van der Waals surface area contributed by atoms with Crippen LogP contribution in [0.15, 0.2) is 18.2 Å². The van der Waals surface area contributed by atoms with Crippen LogP contribution >= 0.6 is 0 Å². The number of nitrogens with zero attached hydrogens (tertiary/aromatic N) is 3. The number of imidazole rings is 1. The monoisotopic (exact) mass is 401 g/mol. The Bertz CT molecular complexity index is 902. The SMILES string of the molecule is CCn1c(CCNC(=O)CCC(=O)O)nc2cc(C(=O)N3CCNCC3)ccc21. The van der Waals surface area contributed by atoms with Crippen LogP contribution < -0.4 is 10.6 Å². The molecule has 1 saturated heterocycles. The summed E-state index contributed by atoms with van der Waals surface area (Å²) in [5.41, 5.74) is 2.35. The van der Waals surface area contributed by atoms with Crippen molar-refractivity contribution >= 4 is 28.8 Å². The molecule has 1 aliphatic heterocycles. The van der Waals surface area contributed by atoms with Crippen molar-refractivity contribution in [3.63, 3.8) is 0 Å². The van der Waals surface area contributed by atoms with E-state index in [-0.39, 0.29) is 24.7 Å². The summed E-state index contributed by atoms with van der Waals surface area (Å²) in [4.78, 5) is 41.5. The summed E-state index contributed by atoms with van der Waals surface area (Å²) in [6.45, 7) is 6.15. The Kier molecular flexibility index (Phi) is 6.82. The van der Waals surface area contributed by atoms with Crippen LogP contribution in [0.25, 0.3) is 11.0 Å². The minimum absolute atomic E-state index is 0.0201. The fraction of sp³-hybridized carbons (Fsp3) is 0.500. The summed E-state index contributed by atoms with van der Waals surface area (Å²) in [7, 11) is 0. The molecule has 9 nitrogen and oxygen atoms in total. The summed E-state index contributed by atoms with van der Waals surface area (Å²) in [5, 5.41) is 14.6. The molecule has 2 heterocycles. The molecule has 1 fully saturated rings. The van der Waals surface area contributed by atoms with E-state index in [9.17, 15) is 14.4 Å². The number of aryl methyl sites for hydroxylation is 1. The first-order valence-corrected chi connectivity index (χ1v) is 9.97. The van der Waals surface area contributed by atoms with E-state index in [1.807, 2.05) is 30.0 Å². The van der Waals surface area contributed by atoms with E-state index < -0.39 is 5.97 Å². The number of hydrogen-bond acceptors (Lipinski definition) is 5. The fourth-order valence-electron chi connectivity index (χ4n) is 3.53. The van der Waals surface area contributed by atoms with E-state index >= 15 is 0 Å². The molecular formula is C20H27N5O4. The van der Waals surface area contributed by atoms with Gasteiger partial charge in [-0.25, -0.2) is 4.98 Å². The quantitative estimate of drug-likeness (QED) is 0.597. The van der Waals surface area contributed by atoms with E-state index in [4.69, 9.17) is 5.11 Å². The highest BCUT2D eigenvalue weighted by molar-refractivity contribution is 5.97. The van der Waals surface area contributed by atoms with Crippen molar-refractivity contribution in [2.75, 3.05) is 32.7 Å². The second kappa shape index (κ2) is 9.51. The zero-order valence-corrected chi connectivity index (χ0v) is 16.6. The van der Waals surface area contributed by atoms with Gasteiger partial charge >= 0.3 is 5.97 Å². The number of aromatic nitrogens is 2. The third kappa shape index (κ3) is 5.11. The summed E-state index contributed by atoms with van der Waals surface area (Å²) >= 11 is 0. The summed E-state index contributed by atoms with van der Waals surface area (Å²) in [5.74, 6) is -0.422. The van der Waals surface area contributed by atoms with Crippen LogP contribution in [0.4, 0.5) is 0 Å². The number of hydrogen-bond donors (Lipinski definition) is 3. The Labute approximate surface area is 169 Å². The minimum Gasteiger partial charge on any atom is -0.481 e. The average Bonchev–Trinajstić information content (AvgIpc) is 3.08. The Morgan fingerprint density at radius 1 is 1.21 bits per heavy atom. The number of benzene rings is 1. The molecule has 3 N–H and O–H groups in total. The number of rotatable bonds is 8. The van der Waals surface area contributed by atoms with Crippen LogP contribution in [0.3, 0.4) is 0 Å². The largest absolute Gasteiger partial charge is 0.481 e. The van der Waals surface area contributed by atoms with E-state index in [2.05, 4.69) is 20.2 Å². The zero-order valence-electron chi connectivity index (χ0n) is 16.6. The van der Waals surface area contributed by atoms with E-state index in [1.54, 1.807) is 0 Å². The van der Waals surface area contributed by atoms with Crippen molar-refractivity contribution in [1.82, 2.24) is 25.1 Å². The van der Waals surface area contributed by atoms with Gasteiger partial charge in [-0.05, 0) is 25.1 Å². The summed E-state index contributed by atoms with van der Waals surface area (Å²) in [6.07, 6.45) is 0.322. The Morgan fingerprint density at radius 2 is 1.97 bits per heavy atom. The third-order valence-electron chi connectivity index (χ3n) is 5.03. The van der Waals surface area contributed by atoms with Gasteiger partial charge in [-0.15, -0.1) is 0 Å². The van der Waals surface area contributed by atoms with E-state index in [0.29, 0.717) is 31.6 Å². The smallest absolute Gasteiger partial charge is 0.303 e. The van der Waals surface area contributed by atoms with Crippen molar-refractivity contribution < 1.29 is 19.5 Å². The molecule has 3 rings (SSSR count). The molecule has 0 atom stereocenters. The lowest BCUT2D eigenvalue weighted by Gasteiger charge is -2.27. The maximum atomic E-state index is 12.7. The molecular weight excluding hydrogens is 374 g/mol. The molecule has 0 bridgehead atoms. The number of aliphatic carboxylic acids is 1. The minimum atomic E-state index is -0.987. The number of carboxylic acids is 1. The van der Waals surface area contributed by atoms with Gasteiger partial charge in [-0.1, -0.05) is 0 Å². The van der Waals surface area contributed by atoms with Crippen molar-refractivity contribution in [2.45, 2.75) is 32.7 Å². The van der Waals surface area contributed by atoms with Crippen LogP contribution in [0, 0.1) is 0 Å². The first kappa shape index (κ1) is 20.8. The van der Waals surface area contributed by atoms with Gasteiger partial charge in [0.05, 0.1) is 17.5 Å². The first-order valence-electron chi connectivity index (χ1n) is 9.97. The van der Waals surface area contributed by atoms with Gasteiger partial charge in [0.2, 0.25) is 5.91 Å². The van der Waals surface area contributed by atoms with Crippen molar-refractivity contribution in [3.8, 4) is 0 Å². The van der Waals surface area contributed by atoms with Gasteiger partial charge < -0.3 is 25.2 Å². The van der Waals surface area contributed by atoms with Crippen molar-refractivity contribution in [3.05, 3.63) is 29.6 Å².